The van der Waals surface area contributed by atoms with E-state index in [9.17, 15) is 4.79 Å². The quantitative estimate of drug-likeness (QED) is 0.0605. The molecule has 0 aromatic rings. The number of halogens is 1. The highest BCUT2D eigenvalue weighted by Crippen LogP contribution is 2.23. The van der Waals surface area contributed by atoms with Crippen molar-refractivity contribution < 1.29 is 9.53 Å². The van der Waals surface area contributed by atoms with Gasteiger partial charge in [0.1, 0.15) is 4.32 Å². The Morgan fingerprint density at radius 3 is 1.45 bits per heavy atom. The molecule has 0 rings (SSSR count). The van der Waals surface area contributed by atoms with Gasteiger partial charge in [-0.2, -0.15) is 0 Å². The van der Waals surface area contributed by atoms with Gasteiger partial charge in [0.05, 0.1) is 6.61 Å². The van der Waals surface area contributed by atoms with Gasteiger partial charge in [-0.25, -0.2) is 0 Å². The molecule has 0 saturated carbocycles. The molecule has 0 aliphatic heterocycles. The first-order chi connectivity index (χ1) is 14.9. The van der Waals surface area contributed by atoms with Crippen LogP contribution in [0.4, 0.5) is 0 Å². The van der Waals surface area contributed by atoms with Gasteiger partial charge < -0.3 is 4.74 Å². The van der Waals surface area contributed by atoms with Crippen LogP contribution < -0.4 is 0 Å². The lowest BCUT2D eigenvalue weighted by molar-refractivity contribution is -0.147. The van der Waals surface area contributed by atoms with Gasteiger partial charge in [-0.05, 0) is 58.3 Å². The van der Waals surface area contributed by atoms with E-state index >= 15 is 0 Å². The predicted molar refractivity (Wildman–Crippen MR) is 141 cm³/mol. The fourth-order valence-electron chi connectivity index (χ4n) is 3.89. The van der Waals surface area contributed by atoms with Crippen molar-refractivity contribution in [1.29, 1.82) is 0 Å². The van der Waals surface area contributed by atoms with E-state index in [-0.39, 0.29) is 5.97 Å². The number of unbranched alkanes of at least 4 members (excludes halogenated alkanes) is 14. The zero-order valence-electron chi connectivity index (χ0n) is 20.8. The van der Waals surface area contributed by atoms with E-state index in [1.54, 1.807) is 0 Å². The highest BCUT2D eigenvalue weighted by molar-refractivity contribution is 9.10. The first-order valence-electron chi connectivity index (χ1n) is 13.0. The Morgan fingerprint density at radius 1 is 0.742 bits per heavy atom. The Hall–Kier alpha value is -0.570. The molecule has 0 heterocycles. The van der Waals surface area contributed by atoms with Gasteiger partial charge in [0.15, 0.2) is 0 Å². The van der Waals surface area contributed by atoms with E-state index in [2.05, 4.69) is 29.1 Å². The van der Waals surface area contributed by atoms with Gasteiger partial charge in [0.2, 0.25) is 0 Å². The van der Waals surface area contributed by atoms with E-state index in [1.807, 2.05) is 26.0 Å². The monoisotopic (exact) mass is 498 g/mol. The Balaban J connectivity index is 4.01. The molecule has 0 fully saturated rings. The third-order valence-electron chi connectivity index (χ3n) is 5.98. The van der Waals surface area contributed by atoms with Crippen LogP contribution in [0.5, 0.6) is 0 Å². The van der Waals surface area contributed by atoms with Crippen LogP contribution in [0.15, 0.2) is 25.3 Å². The number of carbonyl (C=O) groups excluding carboxylic acids is 1. The number of rotatable bonds is 23. The Labute approximate surface area is 202 Å². The van der Waals surface area contributed by atoms with Crippen LogP contribution in [-0.2, 0) is 9.53 Å². The molecule has 0 saturated heterocycles. The number of carbonyl (C=O) groups is 1. The molecule has 0 amide bonds. The standard InChI is InChI=1S/C28H51BrO2/c1-5-7-9-11-13-15-17-19-21-23-26(25-31-27(30)28(3,4)29)24-22-20-18-16-14-12-10-8-6-2/h5-6,26H,1-2,7-25H2,3-4H3. The van der Waals surface area contributed by atoms with E-state index in [0.29, 0.717) is 12.5 Å². The molecule has 31 heavy (non-hydrogen) atoms. The van der Waals surface area contributed by atoms with Crippen molar-refractivity contribution >= 4 is 21.9 Å². The van der Waals surface area contributed by atoms with Crippen LogP contribution in [0.2, 0.25) is 0 Å². The molecule has 0 radical (unpaired) electrons. The number of alkyl halides is 1. The second kappa shape index (κ2) is 21.3. The summed E-state index contributed by atoms with van der Waals surface area (Å²) in [6, 6.07) is 0. The first-order valence-corrected chi connectivity index (χ1v) is 13.8. The summed E-state index contributed by atoms with van der Waals surface area (Å²) >= 11 is 3.42. The molecule has 0 spiro atoms. The third kappa shape index (κ3) is 21.1. The minimum absolute atomic E-state index is 0.142. The normalized spacial score (nSPS) is 11.6. The summed E-state index contributed by atoms with van der Waals surface area (Å²) in [7, 11) is 0. The van der Waals surface area contributed by atoms with Crippen molar-refractivity contribution in [2.75, 3.05) is 6.61 Å². The predicted octanol–water partition coefficient (Wildman–Crippen LogP) is 9.71. The second-order valence-electron chi connectivity index (χ2n) is 9.62. The van der Waals surface area contributed by atoms with Crippen molar-refractivity contribution in [2.45, 2.75) is 134 Å². The molecule has 2 nitrogen and oxygen atoms in total. The number of hydrogen-bond acceptors (Lipinski definition) is 2. The van der Waals surface area contributed by atoms with Crippen LogP contribution in [0.1, 0.15) is 129 Å². The summed E-state index contributed by atoms with van der Waals surface area (Å²) in [6.45, 7) is 11.9. The van der Waals surface area contributed by atoms with E-state index < -0.39 is 4.32 Å². The summed E-state index contributed by atoms with van der Waals surface area (Å²) in [5.41, 5.74) is 0. The fourth-order valence-corrected chi connectivity index (χ4v) is 4.00. The largest absolute Gasteiger partial charge is 0.464 e. The number of allylic oxidation sites excluding steroid dienone is 2. The minimum Gasteiger partial charge on any atom is -0.464 e. The number of ether oxygens (including phenoxy) is 1. The van der Waals surface area contributed by atoms with Crippen LogP contribution in [0.3, 0.4) is 0 Å². The smallest absolute Gasteiger partial charge is 0.322 e. The molecular formula is C28H51BrO2. The van der Waals surface area contributed by atoms with Gasteiger partial charge in [0, 0.05) is 0 Å². The van der Waals surface area contributed by atoms with Crippen LogP contribution >= 0.6 is 15.9 Å². The van der Waals surface area contributed by atoms with Gasteiger partial charge >= 0.3 is 5.97 Å². The van der Waals surface area contributed by atoms with Crippen LogP contribution in [-0.4, -0.2) is 16.9 Å². The van der Waals surface area contributed by atoms with Gasteiger partial charge in [0.25, 0.3) is 0 Å². The van der Waals surface area contributed by atoms with Gasteiger partial charge in [-0.15, -0.1) is 13.2 Å². The van der Waals surface area contributed by atoms with E-state index in [1.165, 1.54) is 103 Å². The highest BCUT2D eigenvalue weighted by Gasteiger charge is 2.26. The maximum absolute atomic E-state index is 12.1. The molecule has 0 N–H and O–H groups in total. The maximum atomic E-state index is 12.1. The molecule has 0 aromatic carbocycles. The summed E-state index contributed by atoms with van der Waals surface area (Å²) in [4.78, 5) is 12.1. The minimum atomic E-state index is -0.589. The molecule has 3 heteroatoms. The maximum Gasteiger partial charge on any atom is 0.322 e. The SMILES string of the molecule is C=CCCCCCCCCCC(CCCCCCCCCC=C)COC(=O)C(C)(C)Br. The Kier molecular flexibility index (Phi) is 20.9. The molecular weight excluding hydrogens is 448 g/mol. The lowest BCUT2D eigenvalue weighted by atomic mass is 9.94. The molecule has 0 atom stereocenters. The van der Waals surface area contributed by atoms with Crippen molar-refractivity contribution in [3.63, 3.8) is 0 Å². The van der Waals surface area contributed by atoms with Crippen LogP contribution in [0, 0.1) is 5.92 Å². The highest BCUT2D eigenvalue weighted by atomic mass is 79.9. The molecule has 182 valence electrons. The van der Waals surface area contributed by atoms with Crippen molar-refractivity contribution in [2.24, 2.45) is 5.92 Å². The zero-order valence-corrected chi connectivity index (χ0v) is 22.4. The molecule has 0 aliphatic rings. The summed E-state index contributed by atoms with van der Waals surface area (Å²) in [6.07, 6.45) is 27.2. The average Bonchev–Trinajstić information content (AvgIpc) is 2.73. The first kappa shape index (κ1) is 30.4. The average molecular weight is 500 g/mol. The summed E-state index contributed by atoms with van der Waals surface area (Å²) < 4.78 is 5.04. The van der Waals surface area contributed by atoms with Gasteiger partial charge in [-0.3, -0.25) is 4.79 Å². The van der Waals surface area contributed by atoms with Crippen molar-refractivity contribution in [3.8, 4) is 0 Å². The lowest BCUT2D eigenvalue weighted by Gasteiger charge is -2.20. The lowest BCUT2D eigenvalue weighted by Crippen LogP contribution is -2.28. The molecule has 0 bridgehead atoms. The van der Waals surface area contributed by atoms with Gasteiger partial charge in [-0.1, -0.05) is 105 Å². The number of hydrogen-bond donors (Lipinski definition) is 0. The fraction of sp³-hybridized carbons (Fsp3) is 0.821. The zero-order chi connectivity index (χ0) is 23.2. The molecule has 0 aromatic heterocycles. The van der Waals surface area contributed by atoms with Crippen molar-refractivity contribution in [1.82, 2.24) is 0 Å². The second-order valence-corrected chi connectivity index (χ2v) is 11.6. The van der Waals surface area contributed by atoms with Crippen LogP contribution in [0.25, 0.3) is 0 Å². The van der Waals surface area contributed by atoms with E-state index in [4.69, 9.17) is 4.74 Å². The molecule has 0 unspecified atom stereocenters. The summed E-state index contributed by atoms with van der Waals surface area (Å²) in [5.74, 6) is 0.371. The number of esters is 1. The van der Waals surface area contributed by atoms with E-state index in [0.717, 1.165) is 12.8 Å². The van der Waals surface area contributed by atoms with Crippen molar-refractivity contribution in [3.05, 3.63) is 25.3 Å². The third-order valence-corrected chi connectivity index (χ3v) is 6.30. The Morgan fingerprint density at radius 2 is 1.10 bits per heavy atom. The molecule has 0 aliphatic carbocycles. The summed E-state index contributed by atoms with van der Waals surface area (Å²) in [5, 5.41) is 0. The topological polar surface area (TPSA) is 26.3 Å². The Bertz CT molecular complexity index is 413.